The van der Waals surface area contributed by atoms with Crippen molar-refractivity contribution < 1.29 is 19.1 Å². The highest BCUT2D eigenvalue weighted by molar-refractivity contribution is 7.80. The molecule has 0 saturated heterocycles. The molecule has 0 aliphatic heterocycles. The van der Waals surface area contributed by atoms with Crippen molar-refractivity contribution in [2.45, 2.75) is 6.92 Å². The number of methoxy groups -OCH3 is 1. The SMILES string of the molecule is COc1ccc2c(Cl)c(C(=O)NC(=S)NNC(=O)COc3cccc(C)c3)sc2c1. The first-order chi connectivity index (χ1) is 14.4. The number of benzene rings is 2. The zero-order valence-electron chi connectivity index (χ0n) is 16.1. The van der Waals surface area contributed by atoms with Gasteiger partial charge in [-0.05, 0) is 55.0 Å². The van der Waals surface area contributed by atoms with Crippen molar-refractivity contribution in [1.82, 2.24) is 16.2 Å². The summed E-state index contributed by atoms with van der Waals surface area (Å²) < 4.78 is 11.4. The van der Waals surface area contributed by atoms with Crippen LogP contribution in [0.5, 0.6) is 11.5 Å². The number of halogens is 1. The predicted octanol–water partition coefficient (Wildman–Crippen LogP) is 3.59. The van der Waals surface area contributed by atoms with Crippen LogP contribution in [0.1, 0.15) is 15.2 Å². The number of hydrazine groups is 1. The molecule has 0 aliphatic rings. The zero-order chi connectivity index (χ0) is 21.7. The lowest BCUT2D eigenvalue weighted by Gasteiger charge is -2.11. The third-order valence-electron chi connectivity index (χ3n) is 3.94. The molecule has 0 spiro atoms. The van der Waals surface area contributed by atoms with E-state index in [4.69, 9.17) is 33.3 Å². The van der Waals surface area contributed by atoms with Gasteiger partial charge in [0.05, 0.1) is 12.1 Å². The highest BCUT2D eigenvalue weighted by atomic mass is 35.5. The van der Waals surface area contributed by atoms with Crippen LogP contribution in [0, 0.1) is 6.92 Å². The average molecular weight is 464 g/mol. The summed E-state index contributed by atoms with van der Waals surface area (Å²) in [4.78, 5) is 24.7. The fourth-order valence-corrected chi connectivity index (χ4v) is 4.11. The topological polar surface area (TPSA) is 88.7 Å². The molecule has 0 saturated carbocycles. The number of thiocarbonyl (C=S) groups is 1. The minimum absolute atomic E-state index is 0.0741. The maximum Gasteiger partial charge on any atom is 0.276 e. The van der Waals surface area contributed by atoms with Crippen molar-refractivity contribution >= 4 is 62.2 Å². The Kier molecular flexibility index (Phi) is 7.09. The first-order valence-corrected chi connectivity index (χ1v) is 10.3. The molecule has 156 valence electrons. The van der Waals surface area contributed by atoms with Crippen LogP contribution in [0.15, 0.2) is 42.5 Å². The number of ether oxygens (including phenoxy) is 2. The van der Waals surface area contributed by atoms with E-state index >= 15 is 0 Å². The van der Waals surface area contributed by atoms with Crippen LogP contribution in [0.4, 0.5) is 0 Å². The highest BCUT2D eigenvalue weighted by Gasteiger charge is 2.18. The summed E-state index contributed by atoms with van der Waals surface area (Å²) >= 11 is 12.6. The van der Waals surface area contributed by atoms with Gasteiger partial charge >= 0.3 is 0 Å². The van der Waals surface area contributed by atoms with Crippen LogP contribution in [0.2, 0.25) is 5.02 Å². The van der Waals surface area contributed by atoms with Crippen molar-refractivity contribution in [3.8, 4) is 11.5 Å². The monoisotopic (exact) mass is 463 g/mol. The summed E-state index contributed by atoms with van der Waals surface area (Å²) in [5.41, 5.74) is 5.85. The maximum atomic E-state index is 12.5. The third-order valence-corrected chi connectivity index (χ3v) is 5.80. The highest BCUT2D eigenvalue weighted by Crippen LogP contribution is 2.37. The molecule has 1 heterocycles. The molecule has 3 N–H and O–H groups in total. The van der Waals surface area contributed by atoms with Gasteiger partial charge in [-0.2, -0.15) is 0 Å². The molecule has 1 aromatic heterocycles. The number of hydrogen-bond donors (Lipinski definition) is 3. The predicted molar refractivity (Wildman–Crippen MR) is 121 cm³/mol. The van der Waals surface area contributed by atoms with Crippen LogP contribution in [0.3, 0.4) is 0 Å². The first kappa shape index (κ1) is 21.8. The molecule has 30 heavy (non-hydrogen) atoms. The second-order valence-electron chi connectivity index (χ2n) is 6.17. The molecular weight excluding hydrogens is 446 g/mol. The van der Waals surface area contributed by atoms with Gasteiger partial charge < -0.3 is 9.47 Å². The van der Waals surface area contributed by atoms with E-state index in [1.807, 2.05) is 25.1 Å². The Balaban J connectivity index is 1.52. The Hall–Kier alpha value is -2.88. The van der Waals surface area contributed by atoms with E-state index in [1.54, 1.807) is 31.4 Å². The van der Waals surface area contributed by atoms with Gasteiger partial charge in [-0.1, -0.05) is 23.7 Å². The fourth-order valence-electron chi connectivity index (χ4n) is 2.53. The molecule has 2 amide bonds. The van der Waals surface area contributed by atoms with Crippen LogP contribution in [0.25, 0.3) is 10.1 Å². The molecule has 0 fully saturated rings. The standard InChI is InChI=1S/C20H18ClN3O4S2/c1-11-4-3-5-13(8-11)28-10-16(25)23-24-20(29)22-19(26)18-17(21)14-7-6-12(27-2)9-15(14)30-18/h3-9H,10H2,1-2H3,(H,23,25)(H2,22,24,26,29). The Morgan fingerprint density at radius 2 is 1.93 bits per heavy atom. The quantitative estimate of drug-likeness (QED) is 0.396. The normalized spacial score (nSPS) is 10.4. The van der Waals surface area contributed by atoms with Gasteiger partial charge in [-0.3, -0.25) is 25.8 Å². The van der Waals surface area contributed by atoms with E-state index in [0.717, 1.165) is 15.6 Å². The molecular formula is C20H18ClN3O4S2. The zero-order valence-corrected chi connectivity index (χ0v) is 18.5. The van der Waals surface area contributed by atoms with Gasteiger partial charge in [0.25, 0.3) is 11.8 Å². The molecule has 3 aromatic rings. The van der Waals surface area contributed by atoms with Gasteiger partial charge in [0.2, 0.25) is 0 Å². The molecule has 0 radical (unpaired) electrons. The summed E-state index contributed by atoms with van der Waals surface area (Å²) in [7, 11) is 1.56. The van der Waals surface area contributed by atoms with Gasteiger partial charge in [0.1, 0.15) is 16.4 Å². The third kappa shape index (κ3) is 5.38. The van der Waals surface area contributed by atoms with Gasteiger partial charge in [0.15, 0.2) is 11.7 Å². The minimum Gasteiger partial charge on any atom is -0.497 e. The summed E-state index contributed by atoms with van der Waals surface area (Å²) in [5, 5.41) is 3.48. The van der Waals surface area contributed by atoms with E-state index in [0.29, 0.717) is 21.4 Å². The number of nitrogens with one attached hydrogen (secondary N) is 3. The number of aryl methyl sites for hydroxylation is 1. The van der Waals surface area contributed by atoms with E-state index in [9.17, 15) is 9.59 Å². The second kappa shape index (κ2) is 9.75. The number of carbonyl (C=O) groups excluding carboxylic acids is 2. The minimum atomic E-state index is -0.483. The molecule has 10 heteroatoms. The molecule has 0 aliphatic carbocycles. The lowest BCUT2D eigenvalue weighted by molar-refractivity contribution is -0.123. The second-order valence-corrected chi connectivity index (χ2v) is 8.01. The van der Waals surface area contributed by atoms with Crippen molar-refractivity contribution in [3.63, 3.8) is 0 Å². The van der Waals surface area contributed by atoms with E-state index in [1.165, 1.54) is 11.3 Å². The molecule has 0 bridgehead atoms. The fraction of sp³-hybridized carbons (Fsp3) is 0.150. The van der Waals surface area contributed by atoms with Crippen molar-refractivity contribution in [3.05, 3.63) is 57.9 Å². The van der Waals surface area contributed by atoms with Gasteiger partial charge in [-0.15, -0.1) is 11.3 Å². The van der Waals surface area contributed by atoms with Crippen molar-refractivity contribution in [2.75, 3.05) is 13.7 Å². The Morgan fingerprint density at radius 3 is 2.67 bits per heavy atom. The van der Waals surface area contributed by atoms with Gasteiger partial charge in [0, 0.05) is 10.1 Å². The van der Waals surface area contributed by atoms with E-state index in [-0.39, 0.29) is 11.7 Å². The first-order valence-electron chi connectivity index (χ1n) is 8.73. The maximum absolute atomic E-state index is 12.5. The molecule has 2 aromatic carbocycles. The summed E-state index contributed by atoms with van der Waals surface area (Å²) in [6.45, 7) is 1.71. The number of rotatable bonds is 5. The molecule has 7 nitrogen and oxygen atoms in total. The largest absolute Gasteiger partial charge is 0.497 e. The summed E-state index contributed by atoms with van der Waals surface area (Å²) in [6.07, 6.45) is 0. The van der Waals surface area contributed by atoms with Crippen LogP contribution in [-0.2, 0) is 4.79 Å². The molecule has 0 atom stereocenters. The van der Waals surface area contributed by atoms with Crippen LogP contribution < -0.4 is 25.6 Å². The van der Waals surface area contributed by atoms with Crippen LogP contribution in [-0.4, -0.2) is 30.6 Å². The van der Waals surface area contributed by atoms with Crippen molar-refractivity contribution in [2.24, 2.45) is 0 Å². The number of fused-ring (bicyclic) bond motifs is 1. The number of thiophene rings is 1. The number of carbonyl (C=O) groups is 2. The van der Waals surface area contributed by atoms with Crippen molar-refractivity contribution in [1.29, 1.82) is 0 Å². The number of hydrogen-bond acceptors (Lipinski definition) is 6. The Bertz CT molecular complexity index is 1120. The lowest BCUT2D eigenvalue weighted by Crippen LogP contribution is -2.49. The summed E-state index contributed by atoms with van der Waals surface area (Å²) in [6, 6.07) is 12.7. The molecule has 0 unspecified atom stereocenters. The Labute approximate surface area is 187 Å². The van der Waals surface area contributed by atoms with Gasteiger partial charge in [-0.25, -0.2) is 0 Å². The van der Waals surface area contributed by atoms with E-state index in [2.05, 4.69) is 16.2 Å². The Morgan fingerprint density at radius 1 is 1.13 bits per heavy atom. The lowest BCUT2D eigenvalue weighted by atomic mass is 10.2. The summed E-state index contributed by atoms with van der Waals surface area (Å²) in [5.74, 6) is 0.306. The van der Waals surface area contributed by atoms with E-state index < -0.39 is 11.8 Å². The number of amides is 2. The van der Waals surface area contributed by atoms with Crippen LogP contribution >= 0.6 is 35.2 Å². The molecule has 3 rings (SSSR count). The average Bonchev–Trinajstić information content (AvgIpc) is 3.06. The smallest absolute Gasteiger partial charge is 0.276 e.